The Bertz CT molecular complexity index is 869. The number of hydrogen-bond acceptors (Lipinski definition) is 5. The molecule has 29 heavy (non-hydrogen) atoms. The number of fused-ring (bicyclic) bond motifs is 1. The van der Waals surface area contributed by atoms with Gasteiger partial charge in [-0.25, -0.2) is 4.98 Å². The third-order valence-electron chi connectivity index (χ3n) is 6.67. The van der Waals surface area contributed by atoms with Crippen LogP contribution in [0.15, 0.2) is 42.5 Å². The van der Waals surface area contributed by atoms with Gasteiger partial charge in [0, 0.05) is 38.3 Å². The lowest BCUT2D eigenvalue weighted by Crippen LogP contribution is -2.63. The quantitative estimate of drug-likeness (QED) is 0.765. The third-order valence-corrected chi connectivity index (χ3v) is 6.67. The van der Waals surface area contributed by atoms with Gasteiger partial charge in [-0.15, -0.1) is 0 Å². The molecule has 0 unspecified atom stereocenters. The highest BCUT2D eigenvalue weighted by Gasteiger charge is 2.54. The van der Waals surface area contributed by atoms with Crippen molar-refractivity contribution >= 4 is 11.8 Å². The lowest BCUT2D eigenvalue weighted by atomic mass is 9.57. The fourth-order valence-corrected chi connectivity index (χ4v) is 5.10. The first-order chi connectivity index (χ1) is 14.2. The number of anilines is 1. The molecule has 152 valence electrons. The predicted molar refractivity (Wildman–Crippen MR) is 113 cm³/mol. The van der Waals surface area contributed by atoms with Gasteiger partial charge in [-0.3, -0.25) is 4.79 Å². The Kier molecular flexibility index (Phi) is 5.00. The summed E-state index contributed by atoms with van der Waals surface area (Å²) in [5.74, 6) is 1.16. The van der Waals surface area contributed by atoms with E-state index in [1.54, 1.807) is 0 Å². The second-order valence-electron chi connectivity index (χ2n) is 9.00. The van der Waals surface area contributed by atoms with E-state index in [-0.39, 0.29) is 11.9 Å². The van der Waals surface area contributed by atoms with E-state index in [1.165, 1.54) is 17.7 Å². The SMILES string of the molecule is O=C(OCc1ccccc1)C1CC2(C1)CN(CCc1ccc3c(n1)NCCC3)C2. The van der Waals surface area contributed by atoms with Crippen LogP contribution in [-0.2, 0) is 29.0 Å². The molecule has 2 aliphatic heterocycles. The lowest BCUT2D eigenvalue weighted by molar-refractivity contribution is -0.168. The number of carbonyl (C=O) groups excluding carboxylic acids is 1. The number of nitrogens with zero attached hydrogens (tertiary/aromatic N) is 2. The Morgan fingerprint density at radius 1 is 1.17 bits per heavy atom. The largest absolute Gasteiger partial charge is 0.461 e. The molecule has 3 heterocycles. The van der Waals surface area contributed by atoms with E-state index in [2.05, 4.69) is 22.3 Å². The minimum atomic E-state index is -0.0244. The van der Waals surface area contributed by atoms with Crippen LogP contribution in [0.2, 0.25) is 0 Å². The maximum Gasteiger partial charge on any atom is 0.309 e. The number of pyridine rings is 1. The molecule has 1 N–H and O–H groups in total. The molecule has 1 aromatic carbocycles. The average molecular weight is 392 g/mol. The van der Waals surface area contributed by atoms with Crippen molar-refractivity contribution in [3.05, 3.63) is 59.3 Å². The average Bonchev–Trinajstić information content (AvgIpc) is 2.70. The van der Waals surface area contributed by atoms with Crippen molar-refractivity contribution in [2.45, 2.75) is 38.7 Å². The molecule has 5 heteroatoms. The van der Waals surface area contributed by atoms with Crippen LogP contribution in [0.3, 0.4) is 0 Å². The zero-order valence-corrected chi connectivity index (χ0v) is 16.9. The number of likely N-dealkylation sites (tertiary alicyclic amines) is 1. The Hall–Kier alpha value is -2.40. The monoisotopic (exact) mass is 391 g/mol. The van der Waals surface area contributed by atoms with E-state index in [4.69, 9.17) is 9.72 Å². The van der Waals surface area contributed by atoms with Crippen LogP contribution in [0.1, 0.15) is 36.1 Å². The zero-order valence-electron chi connectivity index (χ0n) is 16.9. The van der Waals surface area contributed by atoms with E-state index in [0.29, 0.717) is 12.0 Å². The summed E-state index contributed by atoms with van der Waals surface area (Å²) in [5, 5.41) is 3.42. The topological polar surface area (TPSA) is 54.5 Å². The fraction of sp³-hybridized carbons (Fsp3) is 0.500. The predicted octanol–water partition coefficient (Wildman–Crippen LogP) is 3.44. The number of rotatable bonds is 6. The highest BCUT2D eigenvalue weighted by Crippen LogP contribution is 2.52. The number of aryl methyl sites for hydroxylation is 1. The smallest absolute Gasteiger partial charge is 0.309 e. The van der Waals surface area contributed by atoms with Crippen molar-refractivity contribution in [3.63, 3.8) is 0 Å². The number of hydrogen-bond donors (Lipinski definition) is 1. The molecule has 0 radical (unpaired) electrons. The number of ether oxygens (including phenoxy) is 1. The third kappa shape index (κ3) is 4.01. The minimum absolute atomic E-state index is 0.0244. The van der Waals surface area contributed by atoms with Crippen molar-refractivity contribution < 1.29 is 9.53 Å². The molecule has 5 rings (SSSR count). The standard InChI is InChI=1S/C24H29N3O2/c28-23(29-15-18-5-2-1-3-6-18)20-13-24(14-20)16-27(17-24)12-10-21-9-8-19-7-4-11-25-22(19)26-21/h1-3,5-6,8-9,20H,4,7,10-17H2,(H,25,26). The van der Waals surface area contributed by atoms with Gasteiger partial charge in [0.25, 0.3) is 0 Å². The van der Waals surface area contributed by atoms with Gasteiger partial charge in [-0.1, -0.05) is 36.4 Å². The number of esters is 1. The van der Waals surface area contributed by atoms with Crippen LogP contribution in [0.25, 0.3) is 0 Å². The maximum atomic E-state index is 12.3. The van der Waals surface area contributed by atoms with Crippen LogP contribution in [-0.4, -0.2) is 42.0 Å². The summed E-state index contributed by atoms with van der Waals surface area (Å²) in [4.78, 5) is 19.6. The van der Waals surface area contributed by atoms with Gasteiger partial charge in [-0.2, -0.15) is 0 Å². The van der Waals surface area contributed by atoms with E-state index < -0.39 is 0 Å². The molecule has 0 amide bonds. The summed E-state index contributed by atoms with van der Waals surface area (Å²) in [5.41, 5.74) is 3.94. The first-order valence-electron chi connectivity index (χ1n) is 10.8. The molecular weight excluding hydrogens is 362 g/mol. The van der Waals surface area contributed by atoms with Gasteiger partial charge in [0.1, 0.15) is 12.4 Å². The zero-order chi connectivity index (χ0) is 19.7. The minimum Gasteiger partial charge on any atom is -0.461 e. The van der Waals surface area contributed by atoms with E-state index in [0.717, 1.165) is 63.2 Å². The molecule has 0 atom stereocenters. The second kappa shape index (κ2) is 7.79. The van der Waals surface area contributed by atoms with Crippen LogP contribution in [0.4, 0.5) is 5.82 Å². The van der Waals surface area contributed by atoms with E-state index in [9.17, 15) is 4.79 Å². The Labute approximate surface area is 172 Å². The van der Waals surface area contributed by atoms with Crippen LogP contribution in [0.5, 0.6) is 0 Å². The van der Waals surface area contributed by atoms with Gasteiger partial charge in [0.2, 0.25) is 0 Å². The molecule has 1 aromatic heterocycles. The fourth-order valence-electron chi connectivity index (χ4n) is 5.10. The van der Waals surface area contributed by atoms with Crippen molar-refractivity contribution in [1.82, 2.24) is 9.88 Å². The molecule has 3 aliphatic rings. The summed E-state index contributed by atoms with van der Waals surface area (Å²) in [6.07, 6.45) is 5.30. The summed E-state index contributed by atoms with van der Waals surface area (Å²) >= 11 is 0. The number of carbonyl (C=O) groups is 1. The number of nitrogens with one attached hydrogen (secondary N) is 1. The number of aromatic nitrogens is 1. The van der Waals surface area contributed by atoms with E-state index in [1.807, 2.05) is 30.3 Å². The van der Waals surface area contributed by atoms with Gasteiger partial charge in [-0.05, 0) is 48.3 Å². The van der Waals surface area contributed by atoms with Gasteiger partial charge in [0.05, 0.1) is 5.92 Å². The first kappa shape index (κ1) is 18.6. The number of benzene rings is 1. The normalized spacial score (nSPS) is 20.3. The Balaban J connectivity index is 1.03. The summed E-state index contributed by atoms with van der Waals surface area (Å²) in [6, 6.07) is 14.3. The Morgan fingerprint density at radius 3 is 2.83 bits per heavy atom. The van der Waals surface area contributed by atoms with Crippen molar-refractivity contribution in [1.29, 1.82) is 0 Å². The molecule has 1 spiro atoms. The van der Waals surface area contributed by atoms with Gasteiger partial charge in [0.15, 0.2) is 0 Å². The van der Waals surface area contributed by atoms with Crippen molar-refractivity contribution in [2.75, 3.05) is 31.5 Å². The Morgan fingerprint density at radius 2 is 2.00 bits per heavy atom. The van der Waals surface area contributed by atoms with Crippen LogP contribution < -0.4 is 5.32 Å². The first-order valence-corrected chi connectivity index (χ1v) is 10.8. The molecule has 0 bridgehead atoms. The molecule has 1 saturated carbocycles. The maximum absolute atomic E-state index is 12.3. The van der Waals surface area contributed by atoms with Gasteiger partial charge >= 0.3 is 5.97 Å². The molecule has 2 fully saturated rings. The summed E-state index contributed by atoms with van der Waals surface area (Å²) in [7, 11) is 0. The molecule has 5 nitrogen and oxygen atoms in total. The van der Waals surface area contributed by atoms with Crippen molar-refractivity contribution in [3.8, 4) is 0 Å². The van der Waals surface area contributed by atoms with E-state index >= 15 is 0 Å². The molecular formula is C24H29N3O2. The summed E-state index contributed by atoms with van der Waals surface area (Å²) < 4.78 is 5.50. The molecule has 2 aromatic rings. The van der Waals surface area contributed by atoms with Crippen LogP contribution >= 0.6 is 0 Å². The highest BCUT2D eigenvalue weighted by atomic mass is 16.5. The molecule has 1 saturated heterocycles. The highest BCUT2D eigenvalue weighted by molar-refractivity contribution is 5.74. The molecule has 1 aliphatic carbocycles. The van der Waals surface area contributed by atoms with Crippen LogP contribution in [0, 0.1) is 11.3 Å². The van der Waals surface area contributed by atoms with Crippen molar-refractivity contribution in [2.24, 2.45) is 11.3 Å². The summed E-state index contributed by atoms with van der Waals surface area (Å²) in [6.45, 7) is 4.69. The second-order valence-corrected chi connectivity index (χ2v) is 9.00. The van der Waals surface area contributed by atoms with Gasteiger partial charge < -0.3 is 15.0 Å². The lowest BCUT2D eigenvalue weighted by Gasteiger charge is -2.58.